The molecular weight excluding hydrogens is 354 g/mol. The maximum atomic E-state index is 12.8. The van der Waals surface area contributed by atoms with Gasteiger partial charge in [0.15, 0.2) is 0 Å². The molecule has 0 fully saturated rings. The first kappa shape index (κ1) is 18.5. The van der Waals surface area contributed by atoms with Crippen molar-refractivity contribution < 1.29 is 9.21 Å². The number of amides is 1. The zero-order valence-corrected chi connectivity index (χ0v) is 16.7. The molecule has 4 rings (SSSR count). The number of hydrogen-bond acceptors (Lipinski definition) is 4. The zero-order valence-electron chi connectivity index (χ0n) is 16.7. The van der Waals surface area contributed by atoms with E-state index in [1.165, 1.54) is 4.68 Å². The fourth-order valence-corrected chi connectivity index (χ4v) is 4.20. The van der Waals surface area contributed by atoms with Crippen molar-refractivity contribution in [3.05, 3.63) is 63.5 Å². The summed E-state index contributed by atoms with van der Waals surface area (Å²) in [7, 11) is 0. The highest BCUT2D eigenvalue weighted by Crippen LogP contribution is 2.41. The van der Waals surface area contributed by atoms with Crippen molar-refractivity contribution in [1.29, 1.82) is 0 Å². The Morgan fingerprint density at radius 3 is 2.75 bits per heavy atom. The number of carbonyl (C=O) groups excluding carboxylic acids is 1. The maximum Gasteiger partial charge on any atom is 0.275 e. The van der Waals surface area contributed by atoms with Gasteiger partial charge in [-0.2, -0.15) is 5.10 Å². The number of aromatic nitrogens is 2. The van der Waals surface area contributed by atoms with Crippen LogP contribution in [0.25, 0.3) is 10.8 Å². The van der Waals surface area contributed by atoms with E-state index in [0.717, 1.165) is 41.0 Å². The van der Waals surface area contributed by atoms with Gasteiger partial charge in [-0.1, -0.05) is 32.0 Å². The average molecular weight is 379 g/mol. The van der Waals surface area contributed by atoms with Crippen LogP contribution < -0.4 is 10.9 Å². The summed E-state index contributed by atoms with van der Waals surface area (Å²) in [6.45, 7) is 8.01. The van der Waals surface area contributed by atoms with Crippen LogP contribution in [-0.2, 0) is 17.8 Å². The Hall–Kier alpha value is -2.89. The third-order valence-corrected chi connectivity index (χ3v) is 5.42. The van der Waals surface area contributed by atoms with Gasteiger partial charge in [-0.05, 0) is 37.8 Å². The van der Waals surface area contributed by atoms with Crippen LogP contribution in [0.4, 0.5) is 0 Å². The predicted octanol–water partition coefficient (Wildman–Crippen LogP) is 3.44. The molecule has 1 aliphatic carbocycles. The van der Waals surface area contributed by atoms with Crippen LogP contribution in [0.15, 0.2) is 39.5 Å². The van der Waals surface area contributed by atoms with Gasteiger partial charge in [0, 0.05) is 17.4 Å². The minimum Gasteiger partial charge on any atom is -0.466 e. The minimum absolute atomic E-state index is 0.0316. The monoisotopic (exact) mass is 379 g/mol. The summed E-state index contributed by atoms with van der Waals surface area (Å²) in [6, 6.07) is 9.21. The Balaban J connectivity index is 1.59. The van der Waals surface area contributed by atoms with E-state index in [4.69, 9.17) is 4.42 Å². The molecule has 1 unspecified atom stereocenters. The van der Waals surface area contributed by atoms with E-state index in [1.807, 2.05) is 38.1 Å². The molecule has 146 valence electrons. The smallest absolute Gasteiger partial charge is 0.275 e. The molecular formula is C22H25N3O3. The molecule has 0 saturated carbocycles. The molecule has 0 spiro atoms. The maximum absolute atomic E-state index is 12.8. The van der Waals surface area contributed by atoms with Gasteiger partial charge in [-0.3, -0.25) is 9.59 Å². The Morgan fingerprint density at radius 1 is 1.29 bits per heavy atom. The highest BCUT2D eigenvalue weighted by atomic mass is 16.3. The van der Waals surface area contributed by atoms with E-state index in [-0.39, 0.29) is 29.5 Å². The summed E-state index contributed by atoms with van der Waals surface area (Å²) < 4.78 is 7.09. The zero-order chi connectivity index (χ0) is 20.1. The quantitative estimate of drug-likeness (QED) is 0.756. The second kappa shape index (κ2) is 6.62. The van der Waals surface area contributed by atoms with Gasteiger partial charge in [0.1, 0.15) is 18.1 Å². The second-order valence-corrected chi connectivity index (χ2v) is 8.49. The van der Waals surface area contributed by atoms with E-state index >= 15 is 0 Å². The third kappa shape index (κ3) is 3.35. The second-order valence-electron chi connectivity index (χ2n) is 8.49. The summed E-state index contributed by atoms with van der Waals surface area (Å²) in [5.41, 5.74) is 1.55. The van der Waals surface area contributed by atoms with E-state index in [0.29, 0.717) is 5.39 Å². The summed E-state index contributed by atoms with van der Waals surface area (Å²) in [6.07, 6.45) is 1.68. The number of benzene rings is 1. The first-order chi connectivity index (χ1) is 13.2. The van der Waals surface area contributed by atoms with Crippen molar-refractivity contribution in [1.82, 2.24) is 15.1 Å². The molecule has 1 atom stereocenters. The van der Waals surface area contributed by atoms with Crippen molar-refractivity contribution >= 4 is 16.7 Å². The van der Waals surface area contributed by atoms with Gasteiger partial charge in [0.25, 0.3) is 5.56 Å². The number of nitrogens with one attached hydrogen (secondary N) is 1. The number of hydrogen-bond donors (Lipinski definition) is 1. The van der Waals surface area contributed by atoms with Crippen molar-refractivity contribution in [3.8, 4) is 0 Å². The van der Waals surface area contributed by atoms with Crippen LogP contribution in [-0.4, -0.2) is 15.7 Å². The fourth-order valence-electron chi connectivity index (χ4n) is 4.20. The van der Waals surface area contributed by atoms with Crippen molar-refractivity contribution in [3.63, 3.8) is 0 Å². The van der Waals surface area contributed by atoms with Gasteiger partial charge >= 0.3 is 0 Å². The summed E-state index contributed by atoms with van der Waals surface area (Å²) in [5.74, 6) is 1.57. The molecule has 0 saturated heterocycles. The lowest BCUT2D eigenvalue weighted by molar-refractivity contribution is -0.123. The van der Waals surface area contributed by atoms with Crippen LogP contribution in [0.3, 0.4) is 0 Å². The summed E-state index contributed by atoms with van der Waals surface area (Å²) in [5, 5.41) is 8.82. The molecule has 2 aromatic heterocycles. The van der Waals surface area contributed by atoms with Crippen LogP contribution in [0.5, 0.6) is 0 Å². The number of rotatable bonds is 3. The topological polar surface area (TPSA) is 77.1 Å². The van der Waals surface area contributed by atoms with Gasteiger partial charge in [-0.15, -0.1) is 0 Å². The van der Waals surface area contributed by atoms with Crippen LogP contribution in [0, 0.1) is 19.3 Å². The number of nitrogens with zero attached hydrogens (tertiary/aromatic N) is 2. The SMILES string of the molecule is Cc1cc2c(o1)CC(C)(C)CC2NC(=O)Cn1nc(C)c2ccccc2c1=O. The van der Waals surface area contributed by atoms with Crippen molar-refractivity contribution in [2.24, 2.45) is 5.41 Å². The first-order valence-electron chi connectivity index (χ1n) is 9.58. The van der Waals surface area contributed by atoms with Gasteiger partial charge in [0.05, 0.1) is 17.1 Å². The van der Waals surface area contributed by atoms with Gasteiger partial charge in [0.2, 0.25) is 5.91 Å². The van der Waals surface area contributed by atoms with Crippen LogP contribution in [0.1, 0.15) is 49.1 Å². The van der Waals surface area contributed by atoms with Gasteiger partial charge in [-0.25, -0.2) is 4.68 Å². The number of carbonyl (C=O) groups is 1. The van der Waals surface area contributed by atoms with Crippen LogP contribution >= 0.6 is 0 Å². The molecule has 0 radical (unpaired) electrons. The number of fused-ring (bicyclic) bond motifs is 2. The normalized spacial score (nSPS) is 18.1. The molecule has 0 aliphatic heterocycles. The standard InChI is InChI=1S/C22H25N3O3/c1-13-9-17-18(10-22(3,4)11-19(17)28-13)23-20(26)12-25-21(27)16-8-6-5-7-15(16)14(2)24-25/h5-9,18H,10-12H2,1-4H3,(H,23,26). The van der Waals surface area contributed by atoms with Crippen LogP contribution in [0.2, 0.25) is 0 Å². The molecule has 6 nitrogen and oxygen atoms in total. The minimum atomic E-state index is -0.250. The lowest BCUT2D eigenvalue weighted by Gasteiger charge is -2.34. The van der Waals surface area contributed by atoms with E-state index in [9.17, 15) is 9.59 Å². The summed E-state index contributed by atoms with van der Waals surface area (Å²) >= 11 is 0. The highest BCUT2D eigenvalue weighted by molar-refractivity contribution is 5.83. The fraction of sp³-hybridized carbons (Fsp3) is 0.409. The van der Waals surface area contributed by atoms with E-state index < -0.39 is 0 Å². The average Bonchev–Trinajstić information content (AvgIpc) is 2.98. The first-order valence-corrected chi connectivity index (χ1v) is 9.58. The van der Waals surface area contributed by atoms with E-state index in [2.05, 4.69) is 24.3 Å². The molecule has 1 amide bonds. The Kier molecular flexibility index (Phi) is 4.37. The van der Waals surface area contributed by atoms with Gasteiger partial charge < -0.3 is 9.73 Å². The Bertz CT molecular complexity index is 1120. The molecule has 1 aromatic carbocycles. The lowest BCUT2D eigenvalue weighted by Crippen LogP contribution is -2.39. The molecule has 3 aromatic rings. The summed E-state index contributed by atoms with van der Waals surface area (Å²) in [4.78, 5) is 25.5. The van der Waals surface area contributed by atoms with Crippen molar-refractivity contribution in [2.45, 2.75) is 53.1 Å². The molecule has 1 aliphatic rings. The number of furan rings is 1. The van der Waals surface area contributed by atoms with E-state index in [1.54, 1.807) is 6.07 Å². The largest absolute Gasteiger partial charge is 0.466 e. The third-order valence-electron chi connectivity index (χ3n) is 5.42. The Labute approximate surface area is 163 Å². The Morgan fingerprint density at radius 2 is 2.00 bits per heavy atom. The predicted molar refractivity (Wildman–Crippen MR) is 107 cm³/mol. The molecule has 2 heterocycles. The van der Waals surface area contributed by atoms with Crippen molar-refractivity contribution in [2.75, 3.05) is 0 Å². The molecule has 1 N–H and O–H groups in total. The molecule has 28 heavy (non-hydrogen) atoms. The highest BCUT2D eigenvalue weighted by Gasteiger charge is 2.35. The number of aryl methyl sites for hydroxylation is 2. The lowest BCUT2D eigenvalue weighted by atomic mass is 9.74. The molecule has 0 bridgehead atoms. The molecule has 6 heteroatoms.